The van der Waals surface area contributed by atoms with Crippen LogP contribution < -0.4 is 50.3 Å². The number of para-hydroxylation sites is 1. The Balaban J connectivity index is 0.000000187. The normalized spacial score (nSPS) is 18.7. The first-order valence-electron chi connectivity index (χ1n) is 27.2. The third kappa shape index (κ3) is 13.3. The molecule has 5 aliphatic heterocycles. The SMILES string of the molecule is CNCC(O)COc1cccc(-c2nc(N3CC4(CCNCC4)c4ccccc43)cc(N(C)C3CCOCC3)n2)c1.CNCC(O)COc1cccc(-c2nc(N3CCNCC3)c(C)c(N(C)C3CCOCC3)n2)c1. The molecule has 10 rings (SSSR count). The molecule has 3 aromatic carbocycles. The zero-order valence-corrected chi connectivity index (χ0v) is 44.8. The highest BCUT2D eigenvalue weighted by Crippen LogP contribution is 2.49. The van der Waals surface area contributed by atoms with Crippen molar-refractivity contribution in [3.05, 3.63) is 90.0 Å². The molecule has 75 heavy (non-hydrogen) atoms. The summed E-state index contributed by atoms with van der Waals surface area (Å²) in [6.45, 7) is 13.4. The molecular formula is C57H80N12O6. The van der Waals surface area contributed by atoms with E-state index in [9.17, 15) is 10.2 Å². The van der Waals surface area contributed by atoms with Crippen molar-refractivity contribution in [3.8, 4) is 34.3 Å². The van der Waals surface area contributed by atoms with E-state index in [1.807, 2.05) is 62.6 Å². The van der Waals surface area contributed by atoms with Gasteiger partial charge in [-0.3, -0.25) is 0 Å². The topological polar surface area (TPSA) is 190 Å². The van der Waals surface area contributed by atoms with E-state index in [4.69, 9.17) is 38.9 Å². The summed E-state index contributed by atoms with van der Waals surface area (Å²) in [6.07, 6.45) is 5.03. The summed E-state index contributed by atoms with van der Waals surface area (Å²) in [5.74, 6) is 6.54. The minimum absolute atomic E-state index is 0.127. The standard InChI is InChI=1S/C32H42N6O3.C25H38N6O3/c1-33-20-25(39)21-41-26-7-5-6-23(18-26)31-35-29(37(2)24-10-16-40-17-11-24)19-30(36-31)38-22-32(12-14-34-15-13-32)27-8-3-4-9-28(27)38;1-18-24(30(3)20-7-13-33-14-8-20)28-23(29-25(18)31-11-9-27-10-12-31)19-5-4-6-22(15-19)34-17-21(32)16-26-2/h3-9,18-19,24-25,33-34,39H,10-17,20-22H2,1-2H3;4-6,15,20-21,26-27,32H,7-14,16-17H2,1-3H3. The number of anilines is 5. The van der Waals surface area contributed by atoms with Gasteiger partial charge in [-0.1, -0.05) is 42.5 Å². The Kier molecular flexibility index (Phi) is 18.7. The summed E-state index contributed by atoms with van der Waals surface area (Å²) in [5, 5.41) is 33.0. The number of fused-ring (bicyclic) bond motifs is 2. The number of hydrogen-bond donors (Lipinski definition) is 6. The average molecular weight is 1030 g/mol. The van der Waals surface area contributed by atoms with Crippen LogP contribution in [0.3, 0.4) is 0 Å². The van der Waals surface area contributed by atoms with Crippen LogP contribution in [0.25, 0.3) is 22.8 Å². The average Bonchev–Trinajstić information content (AvgIpc) is 3.78. The third-order valence-corrected chi connectivity index (χ3v) is 15.4. The molecule has 5 aromatic rings. The summed E-state index contributed by atoms with van der Waals surface area (Å²) < 4.78 is 23.0. The first-order chi connectivity index (χ1) is 36.6. The van der Waals surface area contributed by atoms with Gasteiger partial charge in [0, 0.05) is 132 Å². The van der Waals surface area contributed by atoms with E-state index in [-0.39, 0.29) is 18.6 Å². The molecule has 18 heteroatoms. The molecule has 1 spiro atoms. The molecule has 7 heterocycles. The van der Waals surface area contributed by atoms with Gasteiger partial charge in [0.1, 0.15) is 60.2 Å². The van der Waals surface area contributed by atoms with Gasteiger partial charge in [0.2, 0.25) is 0 Å². The summed E-state index contributed by atoms with van der Waals surface area (Å²) >= 11 is 0. The molecule has 0 aliphatic carbocycles. The molecule has 6 N–H and O–H groups in total. The van der Waals surface area contributed by atoms with Crippen LogP contribution in [0.1, 0.15) is 49.7 Å². The number of rotatable bonds is 18. The van der Waals surface area contributed by atoms with Crippen molar-refractivity contribution in [2.24, 2.45) is 0 Å². The number of aliphatic hydroxyl groups excluding tert-OH is 2. The van der Waals surface area contributed by atoms with Crippen molar-refractivity contribution < 1.29 is 29.2 Å². The highest BCUT2D eigenvalue weighted by atomic mass is 16.5. The van der Waals surface area contributed by atoms with Crippen molar-refractivity contribution in [3.63, 3.8) is 0 Å². The summed E-state index contributed by atoms with van der Waals surface area (Å²) in [4.78, 5) is 29.8. The van der Waals surface area contributed by atoms with Gasteiger partial charge in [0.15, 0.2) is 11.6 Å². The zero-order chi connectivity index (χ0) is 52.2. The van der Waals surface area contributed by atoms with Gasteiger partial charge in [-0.2, -0.15) is 0 Å². The molecule has 0 bridgehead atoms. The quantitative estimate of drug-likeness (QED) is 0.0693. The number of nitrogens with one attached hydrogen (secondary N) is 4. The van der Waals surface area contributed by atoms with E-state index < -0.39 is 12.2 Å². The van der Waals surface area contributed by atoms with Crippen molar-refractivity contribution in [2.75, 3.05) is 146 Å². The fourth-order valence-electron chi connectivity index (χ4n) is 11.1. The fraction of sp³-hybridized carbons (Fsp3) is 0.544. The molecule has 4 fully saturated rings. The summed E-state index contributed by atoms with van der Waals surface area (Å²) in [6, 6.07) is 27.4. The number of benzene rings is 3. The third-order valence-electron chi connectivity index (χ3n) is 15.4. The molecular weight excluding hydrogens is 949 g/mol. The molecule has 404 valence electrons. The number of aliphatic hydroxyl groups is 2. The second kappa shape index (κ2) is 25.9. The molecule has 4 saturated heterocycles. The minimum Gasteiger partial charge on any atom is -0.491 e. The number of piperazine rings is 1. The van der Waals surface area contributed by atoms with Gasteiger partial charge in [0.05, 0.1) is 0 Å². The lowest BCUT2D eigenvalue weighted by molar-refractivity contribution is 0.0852. The Morgan fingerprint density at radius 1 is 0.693 bits per heavy atom. The summed E-state index contributed by atoms with van der Waals surface area (Å²) in [7, 11) is 7.90. The fourth-order valence-corrected chi connectivity index (χ4v) is 11.1. The number of aromatic nitrogens is 4. The van der Waals surface area contributed by atoms with Crippen molar-refractivity contribution in [1.29, 1.82) is 0 Å². The first-order valence-corrected chi connectivity index (χ1v) is 27.2. The van der Waals surface area contributed by atoms with E-state index in [1.54, 1.807) is 0 Å². The number of hydrogen-bond acceptors (Lipinski definition) is 18. The highest BCUT2D eigenvalue weighted by Gasteiger charge is 2.44. The van der Waals surface area contributed by atoms with Gasteiger partial charge in [-0.25, -0.2) is 19.9 Å². The number of likely N-dealkylation sites (N-methyl/N-ethyl adjacent to an activating group) is 2. The van der Waals surface area contributed by atoms with Crippen molar-refractivity contribution in [1.82, 2.24) is 41.2 Å². The minimum atomic E-state index is -0.583. The van der Waals surface area contributed by atoms with Crippen LogP contribution >= 0.6 is 0 Å². The van der Waals surface area contributed by atoms with Crippen LogP contribution in [-0.4, -0.2) is 181 Å². The van der Waals surface area contributed by atoms with Gasteiger partial charge < -0.3 is 70.0 Å². The molecule has 2 unspecified atom stereocenters. The second-order valence-corrected chi connectivity index (χ2v) is 20.6. The maximum absolute atomic E-state index is 10.1. The van der Waals surface area contributed by atoms with Crippen LogP contribution in [0.5, 0.6) is 11.5 Å². The smallest absolute Gasteiger partial charge is 0.164 e. The van der Waals surface area contributed by atoms with E-state index >= 15 is 0 Å². The lowest BCUT2D eigenvalue weighted by Crippen LogP contribution is -2.44. The molecule has 2 atom stereocenters. The number of ether oxygens (including phenoxy) is 4. The van der Waals surface area contributed by atoms with Gasteiger partial charge >= 0.3 is 0 Å². The number of nitrogens with zero attached hydrogens (tertiary/aromatic N) is 8. The van der Waals surface area contributed by atoms with Gasteiger partial charge in [0.25, 0.3) is 0 Å². The van der Waals surface area contributed by atoms with Gasteiger partial charge in [-0.05, 0) is 109 Å². The molecule has 0 radical (unpaired) electrons. The molecule has 5 aliphatic rings. The summed E-state index contributed by atoms with van der Waals surface area (Å²) in [5.41, 5.74) is 5.70. The Hall–Kier alpha value is -5.70. The Morgan fingerprint density at radius 3 is 1.85 bits per heavy atom. The molecule has 0 amide bonds. The van der Waals surface area contributed by atoms with Crippen molar-refractivity contribution in [2.45, 2.75) is 75.2 Å². The molecule has 18 nitrogen and oxygen atoms in total. The maximum atomic E-state index is 10.1. The number of piperidine rings is 1. The van der Waals surface area contributed by atoms with Crippen LogP contribution in [-0.2, 0) is 14.9 Å². The predicted octanol–water partition coefficient (Wildman–Crippen LogP) is 4.93. The monoisotopic (exact) mass is 1030 g/mol. The van der Waals surface area contributed by atoms with E-state index in [1.165, 1.54) is 11.3 Å². The Bertz CT molecular complexity index is 2600. The zero-order valence-electron chi connectivity index (χ0n) is 44.8. The first kappa shape index (κ1) is 54.1. The molecule has 2 aromatic heterocycles. The van der Waals surface area contributed by atoms with E-state index in [0.717, 1.165) is 151 Å². The van der Waals surface area contributed by atoms with E-state index in [0.29, 0.717) is 48.3 Å². The molecule has 0 saturated carbocycles. The van der Waals surface area contributed by atoms with E-state index in [2.05, 4.69) is 92.2 Å². The lowest BCUT2D eigenvalue weighted by atomic mass is 9.75. The van der Waals surface area contributed by atoms with Crippen molar-refractivity contribution >= 4 is 29.0 Å². The van der Waals surface area contributed by atoms with Gasteiger partial charge in [-0.15, -0.1) is 0 Å². The lowest BCUT2D eigenvalue weighted by Gasteiger charge is -2.35. The Labute approximate surface area is 443 Å². The maximum Gasteiger partial charge on any atom is 0.164 e. The van der Waals surface area contributed by atoms with Crippen LogP contribution in [0.4, 0.5) is 29.0 Å². The highest BCUT2D eigenvalue weighted by molar-refractivity contribution is 5.74. The largest absolute Gasteiger partial charge is 0.491 e. The van der Waals surface area contributed by atoms with Crippen LogP contribution in [0, 0.1) is 6.92 Å². The van der Waals surface area contributed by atoms with Crippen LogP contribution in [0.15, 0.2) is 78.9 Å². The van der Waals surface area contributed by atoms with Crippen LogP contribution in [0.2, 0.25) is 0 Å². The Morgan fingerprint density at radius 2 is 1.25 bits per heavy atom. The second-order valence-electron chi connectivity index (χ2n) is 20.6. The predicted molar refractivity (Wildman–Crippen MR) is 297 cm³/mol.